The minimum absolute atomic E-state index is 0.259. The molecule has 2 saturated heterocycles. The fourth-order valence-corrected chi connectivity index (χ4v) is 2.87. The third-order valence-electron chi connectivity index (χ3n) is 3.73. The average Bonchev–Trinajstić information content (AvgIpc) is 2.92. The number of hydrogen-bond acceptors (Lipinski definition) is 2. The molecule has 1 saturated carbocycles. The Kier molecular flexibility index (Phi) is 1.70. The van der Waals surface area contributed by atoms with Gasteiger partial charge in [0.1, 0.15) is 5.78 Å². The molecule has 76 valence electrons. The molecule has 0 aromatic carbocycles. The number of carbonyl (C=O) groups is 2. The Morgan fingerprint density at radius 3 is 2.14 bits per heavy atom. The smallest absolute Gasteiger partial charge is 0.226 e. The Balaban J connectivity index is 1.80. The van der Waals surface area contributed by atoms with E-state index in [0.717, 1.165) is 25.7 Å². The molecule has 1 aliphatic carbocycles. The summed E-state index contributed by atoms with van der Waals surface area (Å²) in [6, 6.07) is 0.517. The van der Waals surface area contributed by atoms with Gasteiger partial charge in [-0.3, -0.25) is 9.59 Å². The summed E-state index contributed by atoms with van der Waals surface area (Å²) < 4.78 is 0. The molecule has 0 N–H and O–H groups in total. The molecule has 0 aromatic rings. The number of hydrogen-bond donors (Lipinski definition) is 0. The summed E-state index contributed by atoms with van der Waals surface area (Å²) in [5.41, 5.74) is 0. The van der Waals surface area contributed by atoms with Crippen LogP contribution in [-0.2, 0) is 9.59 Å². The van der Waals surface area contributed by atoms with Crippen molar-refractivity contribution in [2.75, 3.05) is 0 Å². The third kappa shape index (κ3) is 1.18. The summed E-state index contributed by atoms with van der Waals surface area (Å²) in [5.74, 6) is 1.01. The van der Waals surface area contributed by atoms with Crippen LogP contribution in [0.5, 0.6) is 0 Å². The molecule has 3 rings (SSSR count). The fraction of sp³-hybridized carbons (Fsp3) is 0.818. The molecule has 2 aliphatic heterocycles. The first kappa shape index (κ1) is 8.45. The van der Waals surface area contributed by atoms with Crippen LogP contribution in [0.4, 0.5) is 0 Å². The number of carbonyl (C=O) groups excluding carboxylic acids is 2. The van der Waals surface area contributed by atoms with Gasteiger partial charge in [-0.05, 0) is 25.7 Å². The molecule has 14 heavy (non-hydrogen) atoms. The van der Waals surface area contributed by atoms with Crippen molar-refractivity contribution in [2.24, 2.45) is 5.92 Å². The number of Topliss-reactive ketones (excluding diaryl/α,β-unsaturated/α-hetero) is 1. The molecule has 0 spiro atoms. The van der Waals surface area contributed by atoms with E-state index in [9.17, 15) is 9.59 Å². The lowest BCUT2D eigenvalue weighted by Crippen LogP contribution is -2.47. The Labute approximate surface area is 83.5 Å². The van der Waals surface area contributed by atoms with Crippen molar-refractivity contribution >= 4 is 11.7 Å². The van der Waals surface area contributed by atoms with Crippen LogP contribution in [0.1, 0.15) is 38.5 Å². The number of piperidine rings is 1. The minimum atomic E-state index is 0.259. The Hall–Kier alpha value is -0.860. The SMILES string of the molecule is O=C1C[C@H]2CC[C@@H](C1)N2C(=O)C1CC1. The van der Waals surface area contributed by atoms with E-state index in [0.29, 0.717) is 30.4 Å². The highest BCUT2D eigenvalue weighted by Gasteiger charge is 2.46. The number of amides is 1. The van der Waals surface area contributed by atoms with Crippen molar-refractivity contribution in [1.29, 1.82) is 0 Å². The zero-order chi connectivity index (χ0) is 9.71. The summed E-state index contributed by atoms with van der Waals surface area (Å²) in [6.45, 7) is 0. The summed E-state index contributed by atoms with van der Waals surface area (Å²) in [6.07, 6.45) is 5.49. The summed E-state index contributed by atoms with van der Waals surface area (Å²) in [7, 11) is 0. The van der Waals surface area contributed by atoms with Crippen LogP contribution in [0, 0.1) is 5.92 Å². The molecule has 0 aromatic heterocycles. The Bertz CT molecular complexity index is 280. The molecule has 1 amide bonds. The lowest BCUT2D eigenvalue weighted by Gasteiger charge is -2.34. The topological polar surface area (TPSA) is 37.4 Å². The van der Waals surface area contributed by atoms with Crippen molar-refractivity contribution in [3.05, 3.63) is 0 Å². The van der Waals surface area contributed by atoms with E-state index in [4.69, 9.17) is 0 Å². The van der Waals surface area contributed by atoms with E-state index in [1.807, 2.05) is 4.90 Å². The maximum absolute atomic E-state index is 11.9. The highest BCUT2D eigenvalue weighted by molar-refractivity contribution is 5.87. The second kappa shape index (κ2) is 2.81. The maximum Gasteiger partial charge on any atom is 0.226 e. The standard InChI is InChI=1S/C11H15NO2/c13-10-5-8-3-4-9(6-10)12(8)11(14)7-1-2-7/h7-9H,1-6H2/t8-,9+. The first-order valence-electron chi connectivity index (χ1n) is 5.59. The minimum Gasteiger partial charge on any atom is -0.336 e. The van der Waals surface area contributed by atoms with Gasteiger partial charge in [0.15, 0.2) is 0 Å². The van der Waals surface area contributed by atoms with Crippen LogP contribution in [-0.4, -0.2) is 28.7 Å². The Morgan fingerprint density at radius 1 is 1.07 bits per heavy atom. The molecule has 0 radical (unpaired) electrons. The molecular weight excluding hydrogens is 178 g/mol. The van der Waals surface area contributed by atoms with Crippen molar-refractivity contribution < 1.29 is 9.59 Å². The Morgan fingerprint density at radius 2 is 1.64 bits per heavy atom. The lowest BCUT2D eigenvalue weighted by atomic mass is 10.0. The zero-order valence-corrected chi connectivity index (χ0v) is 8.24. The monoisotopic (exact) mass is 193 g/mol. The van der Waals surface area contributed by atoms with Gasteiger partial charge in [-0.15, -0.1) is 0 Å². The van der Waals surface area contributed by atoms with E-state index < -0.39 is 0 Å². The summed E-state index contributed by atoms with van der Waals surface area (Å²) in [5, 5.41) is 0. The number of rotatable bonds is 1. The van der Waals surface area contributed by atoms with Gasteiger partial charge in [-0.2, -0.15) is 0 Å². The largest absolute Gasteiger partial charge is 0.336 e. The number of fused-ring (bicyclic) bond motifs is 2. The van der Waals surface area contributed by atoms with Gasteiger partial charge in [0.2, 0.25) is 5.91 Å². The molecular formula is C11H15NO2. The van der Waals surface area contributed by atoms with E-state index >= 15 is 0 Å². The molecule has 2 atom stereocenters. The van der Waals surface area contributed by atoms with Crippen LogP contribution in [0.15, 0.2) is 0 Å². The van der Waals surface area contributed by atoms with Gasteiger partial charge in [0.25, 0.3) is 0 Å². The van der Waals surface area contributed by atoms with Gasteiger partial charge < -0.3 is 4.90 Å². The number of ketones is 1. The van der Waals surface area contributed by atoms with Crippen LogP contribution >= 0.6 is 0 Å². The van der Waals surface area contributed by atoms with Crippen molar-refractivity contribution in [3.8, 4) is 0 Å². The zero-order valence-electron chi connectivity index (χ0n) is 8.24. The molecule has 3 nitrogen and oxygen atoms in total. The second-order valence-corrected chi connectivity index (χ2v) is 4.85. The van der Waals surface area contributed by atoms with Crippen LogP contribution in [0.2, 0.25) is 0 Å². The van der Waals surface area contributed by atoms with E-state index in [1.165, 1.54) is 0 Å². The first-order chi connectivity index (χ1) is 6.75. The fourth-order valence-electron chi connectivity index (χ4n) is 2.87. The van der Waals surface area contributed by atoms with E-state index in [1.54, 1.807) is 0 Å². The molecule has 3 fully saturated rings. The van der Waals surface area contributed by atoms with Gasteiger partial charge in [-0.25, -0.2) is 0 Å². The average molecular weight is 193 g/mol. The maximum atomic E-state index is 11.9. The molecule has 2 bridgehead atoms. The van der Waals surface area contributed by atoms with Gasteiger partial charge >= 0.3 is 0 Å². The van der Waals surface area contributed by atoms with Gasteiger partial charge in [0.05, 0.1) is 0 Å². The summed E-state index contributed by atoms with van der Waals surface area (Å²) in [4.78, 5) is 25.3. The quantitative estimate of drug-likeness (QED) is 0.625. The molecule has 3 heteroatoms. The van der Waals surface area contributed by atoms with Crippen LogP contribution < -0.4 is 0 Å². The highest BCUT2D eigenvalue weighted by Crippen LogP contribution is 2.39. The highest BCUT2D eigenvalue weighted by atomic mass is 16.2. The molecule has 2 heterocycles. The lowest BCUT2D eigenvalue weighted by molar-refractivity contribution is -0.139. The van der Waals surface area contributed by atoms with Gasteiger partial charge in [-0.1, -0.05) is 0 Å². The van der Waals surface area contributed by atoms with Crippen molar-refractivity contribution in [1.82, 2.24) is 4.90 Å². The molecule has 3 aliphatic rings. The van der Waals surface area contributed by atoms with Gasteiger partial charge in [0, 0.05) is 30.8 Å². The van der Waals surface area contributed by atoms with E-state index in [-0.39, 0.29) is 12.1 Å². The normalized spacial score (nSPS) is 36.3. The number of nitrogens with zero attached hydrogens (tertiary/aromatic N) is 1. The molecule has 0 unspecified atom stereocenters. The van der Waals surface area contributed by atoms with Crippen molar-refractivity contribution in [2.45, 2.75) is 50.6 Å². The third-order valence-corrected chi connectivity index (χ3v) is 3.73. The van der Waals surface area contributed by atoms with Crippen LogP contribution in [0.25, 0.3) is 0 Å². The first-order valence-corrected chi connectivity index (χ1v) is 5.59. The second-order valence-electron chi connectivity index (χ2n) is 4.85. The predicted octanol–water partition coefficient (Wildman–Crippen LogP) is 1.12. The van der Waals surface area contributed by atoms with Crippen molar-refractivity contribution in [3.63, 3.8) is 0 Å². The van der Waals surface area contributed by atoms with E-state index in [2.05, 4.69) is 0 Å². The van der Waals surface area contributed by atoms with Crippen LogP contribution in [0.3, 0.4) is 0 Å². The predicted molar refractivity (Wildman–Crippen MR) is 50.6 cm³/mol. The summed E-state index contributed by atoms with van der Waals surface area (Å²) >= 11 is 0.